The largest absolute Gasteiger partial charge is 0.378 e. The molecule has 1 aromatic carbocycles. The summed E-state index contributed by atoms with van der Waals surface area (Å²) in [4.78, 5) is 2.06. The second kappa shape index (κ2) is 7.63. The minimum absolute atomic E-state index is 0.0150. The number of rotatable bonds is 3. The van der Waals surface area contributed by atoms with Crippen LogP contribution in [0.2, 0.25) is 0 Å². The van der Waals surface area contributed by atoms with Gasteiger partial charge in [-0.25, -0.2) is 0 Å². The number of ether oxygens (including phenoxy) is 1. The second-order valence-electron chi connectivity index (χ2n) is 5.94. The van der Waals surface area contributed by atoms with Crippen molar-refractivity contribution >= 4 is 11.8 Å². The molecule has 0 amide bonds. The van der Waals surface area contributed by atoms with E-state index in [1.54, 1.807) is 0 Å². The van der Waals surface area contributed by atoms with Gasteiger partial charge >= 0.3 is 0 Å². The summed E-state index contributed by atoms with van der Waals surface area (Å²) >= 11 is 0. The maximum absolute atomic E-state index is 9.04. The van der Waals surface area contributed by atoms with Gasteiger partial charge in [0.25, 0.3) is 0 Å². The van der Waals surface area contributed by atoms with E-state index >= 15 is 0 Å². The van der Waals surface area contributed by atoms with Crippen molar-refractivity contribution in [3.05, 3.63) is 47.1 Å². The Labute approximate surface area is 137 Å². The maximum atomic E-state index is 9.04. The lowest BCUT2D eigenvalue weighted by Crippen LogP contribution is -2.26. The molecular weight excluding hydrogens is 286 g/mol. The third-order valence-corrected chi connectivity index (χ3v) is 3.88. The molecule has 0 saturated carbocycles. The first-order valence-corrected chi connectivity index (χ1v) is 7.66. The molecule has 0 radical (unpaired) electrons. The van der Waals surface area contributed by atoms with Crippen molar-refractivity contribution in [3.8, 4) is 12.1 Å². The number of nitrogens with zero attached hydrogens (tertiary/aromatic N) is 3. The molecule has 1 aliphatic rings. The first-order chi connectivity index (χ1) is 11.0. The minimum Gasteiger partial charge on any atom is -0.378 e. The topological polar surface area (TPSA) is 60.0 Å². The van der Waals surface area contributed by atoms with E-state index < -0.39 is 0 Å². The van der Waals surface area contributed by atoms with Gasteiger partial charge in [-0.05, 0) is 36.6 Å². The van der Waals surface area contributed by atoms with Crippen molar-refractivity contribution in [1.82, 2.24) is 0 Å². The van der Waals surface area contributed by atoms with Crippen LogP contribution in [0.5, 0.6) is 0 Å². The molecule has 0 bridgehead atoms. The smallest absolute Gasteiger partial charge is 0.129 e. The highest BCUT2D eigenvalue weighted by atomic mass is 16.5. The molecule has 0 aromatic heterocycles. The van der Waals surface area contributed by atoms with Crippen molar-refractivity contribution in [2.75, 3.05) is 19.0 Å². The summed E-state index contributed by atoms with van der Waals surface area (Å²) in [6, 6.07) is 12.2. The fraction of sp³-hybridized carbons (Fsp3) is 0.368. The average Bonchev–Trinajstić information content (AvgIpc) is 2.54. The molecule has 1 aromatic rings. The van der Waals surface area contributed by atoms with Crippen LogP contribution in [0, 0.1) is 22.7 Å². The molecular formula is C19H21N3O. The lowest BCUT2D eigenvalue weighted by Gasteiger charge is -2.28. The molecule has 2 rings (SSSR count). The Kier molecular flexibility index (Phi) is 5.57. The third-order valence-electron chi connectivity index (χ3n) is 3.88. The highest BCUT2D eigenvalue weighted by Crippen LogP contribution is 2.27. The van der Waals surface area contributed by atoms with Crippen molar-refractivity contribution in [3.63, 3.8) is 0 Å². The predicted molar refractivity (Wildman–Crippen MR) is 91.6 cm³/mol. The van der Waals surface area contributed by atoms with Crippen molar-refractivity contribution in [1.29, 1.82) is 10.5 Å². The van der Waals surface area contributed by atoms with Gasteiger partial charge in [-0.15, -0.1) is 0 Å². The SMILES string of the molecule is CC1CC(=C(C#N)C#N)CC(/C=C/c2ccc(N(C)C)cc2)O1. The molecule has 1 fully saturated rings. The van der Waals surface area contributed by atoms with Crippen molar-refractivity contribution < 1.29 is 4.74 Å². The number of nitriles is 2. The summed E-state index contributed by atoms with van der Waals surface area (Å²) in [5.41, 5.74) is 3.38. The van der Waals surface area contributed by atoms with E-state index in [9.17, 15) is 0 Å². The van der Waals surface area contributed by atoms with Gasteiger partial charge in [-0.1, -0.05) is 24.3 Å². The van der Waals surface area contributed by atoms with E-state index in [2.05, 4.69) is 29.2 Å². The summed E-state index contributed by atoms with van der Waals surface area (Å²) in [6.45, 7) is 1.97. The molecule has 2 atom stereocenters. The highest BCUT2D eigenvalue weighted by molar-refractivity contribution is 5.56. The van der Waals surface area contributed by atoms with Gasteiger partial charge in [0.15, 0.2) is 0 Å². The van der Waals surface area contributed by atoms with Gasteiger partial charge < -0.3 is 9.64 Å². The van der Waals surface area contributed by atoms with Gasteiger partial charge in [-0.3, -0.25) is 0 Å². The van der Waals surface area contributed by atoms with Crippen LogP contribution in [0.4, 0.5) is 5.69 Å². The fourth-order valence-corrected chi connectivity index (χ4v) is 2.67. The highest BCUT2D eigenvalue weighted by Gasteiger charge is 2.23. The standard InChI is InChI=1S/C19H21N3O/c1-14-10-16(17(12-20)13-21)11-19(23-14)9-6-15-4-7-18(8-5-15)22(2)3/h4-9,14,19H,10-11H2,1-3H3/b9-6+. The van der Waals surface area contributed by atoms with Crippen LogP contribution < -0.4 is 4.90 Å². The first kappa shape index (κ1) is 16.8. The van der Waals surface area contributed by atoms with Crippen LogP contribution in [0.1, 0.15) is 25.3 Å². The summed E-state index contributed by atoms with van der Waals surface area (Å²) in [5, 5.41) is 18.1. The van der Waals surface area contributed by atoms with Gasteiger partial charge in [0.1, 0.15) is 17.7 Å². The zero-order chi connectivity index (χ0) is 16.8. The molecule has 0 aliphatic carbocycles. The molecule has 2 unspecified atom stereocenters. The first-order valence-electron chi connectivity index (χ1n) is 7.66. The number of hydrogen-bond donors (Lipinski definition) is 0. The normalized spacial score (nSPS) is 20.8. The maximum Gasteiger partial charge on any atom is 0.129 e. The molecule has 1 aliphatic heterocycles. The van der Waals surface area contributed by atoms with Crippen LogP contribution in [0.3, 0.4) is 0 Å². The van der Waals surface area contributed by atoms with E-state index in [0.29, 0.717) is 12.8 Å². The Morgan fingerprint density at radius 3 is 2.39 bits per heavy atom. The molecule has 118 valence electrons. The summed E-state index contributed by atoms with van der Waals surface area (Å²) in [5.74, 6) is 0. The Bertz CT molecular complexity index is 671. The monoisotopic (exact) mass is 307 g/mol. The lowest BCUT2D eigenvalue weighted by molar-refractivity contribution is 0.00554. The van der Waals surface area contributed by atoms with Crippen molar-refractivity contribution in [2.45, 2.75) is 32.0 Å². The van der Waals surface area contributed by atoms with Crippen LogP contribution >= 0.6 is 0 Å². The molecule has 1 heterocycles. The zero-order valence-electron chi connectivity index (χ0n) is 13.8. The van der Waals surface area contributed by atoms with Gasteiger partial charge in [0.05, 0.1) is 12.2 Å². The van der Waals surface area contributed by atoms with Crippen LogP contribution in [0.25, 0.3) is 6.08 Å². The number of hydrogen-bond acceptors (Lipinski definition) is 4. The molecule has 23 heavy (non-hydrogen) atoms. The molecule has 1 saturated heterocycles. The predicted octanol–water partition coefficient (Wildman–Crippen LogP) is 3.68. The van der Waals surface area contributed by atoms with Crippen LogP contribution in [-0.2, 0) is 4.74 Å². The summed E-state index contributed by atoms with van der Waals surface area (Å²) < 4.78 is 5.89. The molecule has 4 heteroatoms. The quantitative estimate of drug-likeness (QED) is 0.799. The van der Waals surface area contributed by atoms with E-state index in [4.69, 9.17) is 15.3 Å². The average molecular weight is 307 g/mol. The zero-order valence-corrected chi connectivity index (χ0v) is 13.8. The number of anilines is 1. The third kappa shape index (κ3) is 4.45. The minimum atomic E-state index is -0.0982. The van der Waals surface area contributed by atoms with Crippen LogP contribution in [0.15, 0.2) is 41.5 Å². The Balaban J connectivity index is 2.11. The molecule has 4 nitrogen and oxygen atoms in total. The second-order valence-corrected chi connectivity index (χ2v) is 5.94. The van der Waals surface area contributed by atoms with Gasteiger partial charge in [0.2, 0.25) is 0 Å². The number of allylic oxidation sites excluding steroid dienone is 1. The van der Waals surface area contributed by atoms with E-state index in [1.807, 2.05) is 45.3 Å². The Hall–Kier alpha value is -2.56. The van der Waals surface area contributed by atoms with Gasteiger partial charge in [-0.2, -0.15) is 10.5 Å². The summed E-state index contributed by atoms with van der Waals surface area (Å²) in [7, 11) is 4.02. The lowest BCUT2D eigenvalue weighted by atomic mass is 9.94. The Morgan fingerprint density at radius 2 is 1.83 bits per heavy atom. The van der Waals surface area contributed by atoms with E-state index in [1.165, 1.54) is 0 Å². The number of benzene rings is 1. The van der Waals surface area contributed by atoms with E-state index in [-0.39, 0.29) is 17.8 Å². The van der Waals surface area contributed by atoms with E-state index in [0.717, 1.165) is 16.8 Å². The van der Waals surface area contributed by atoms with Crippen molar-refractivity contribution in [2.24, 2.45) is 0 Å². The summed E-state index contributed by atoms with van der Waals surface area (Å²) in [6.07, 6.45) is 5.20. The molecule has 0 N–H and O–H groups in total. The Morgan fingerprint density at radius 1 is 1.17 bits per heavy atom. The fourth-order valence-electron chi connectivity index (χ4n) is 2.67. The van der Waals surface area contributed by atoms with Crippen LogP contribution in [-0.4, -0.2) is 26.3 Å². The van der Waals surface area contributed by atoms with Gasteiger partial charge in [0, 0.05) is 26.2 Å². The molecule has 0 spiro atoms.